The number of aliphatic hydroxyl groups excluding tert-OH is 1. The summed E-state index contributed by atoms with van der Waals surface area (Å²) >= 11 is 0. The predicted molar refractivity (Wildman–Crippen MR) is 79.3 cm³/mol. The molecule has 2 unspecified atom stereocenters. The Hall–Kier alpha value is -1.82. The molecule has 0 radical (unpaired) electrons. The minimum absolute atomic E-state index is 0.0755. The van der Waals surface area contributed by atoms with Gasteiger partial charge in [0, 0.05) is 43.1 Å². The van der Waals surface area contributed by atoms with E-state index in [0.29, 0.717) is 13.1 Å². The van der Waals surface area contributed by atoms with E-state index in [0.717, 1.165) is 24.3 Å². The van der Waals surface area contributed by atoms with Crippen LogP contribution in [0.2, 0.25) is 0 Å². The van der Waals surface area contributed by atoms with Crippen LogP contribution in [0.1, 0.15) is 20.3 Å². The molecule has 6 nitrogen and oxygen atoms in total. The fourth-order valence-corrected chi connectivity index (χ4v) is 2.47. The Kier molecular flexibility index (Phi) is 4.44. The molecule has 6 heteroatoms. The number of nitrogens with zero attached hydrogens (tertiary/aromatic N) is 2. The number of anilines is 2. The normalized spacial score (nSPS) is 22.6. The minimum Gasteiger partial charge on any atom is -0.391 e. The molecule has 0 amide bonds. The van der Waals surface area contributed by atoms with Gasteiger partial charge in [0.1, 0.15) is 0 Å². The lowest BCUT2D eigenvalue weighted by Crippen LogP contribution is -2.42. The summed E-state index contributed by atoms with van der Waals surface area (Å²) < 4.78 is 0. The second-order valence-corrected chi connectivity index (χ2v) is 5.30. The topological polar surface area (TPSA) is 78.6 Å². The summed E-state index contributed by atoms with van der Waals surface area (Å²) in [5.74, 6) is 0.276. The van der Waals surface area contributed by atoms with Crippen LogP contribution in [0, 0.1) is 16.0 Å². The van der Waals surface area contributed by atoms with Crippen molar-refractivity contribution in [3.05, 3.63) is 28.3 Å². The summed E-state index contributed by atoms with van der Waals surface area (Å²) in [7, 11) is 0. The summed E-state index contributed by atoms with van der Waals surface area (Å²) in [5, 5.41) is 24.1. The number of nitro benzene ring substituents is 1. The standard InChI is InChI=1S/C14H21N3O3/c1-3-15-11-6-12(8-13(7-11)17(19)20)16-5-4-10(2)14(18)9-16/h6-8,10,14-15,18H,3-5,9H2,1-2H3. The van der Waals surface area contributed by atoms with Crippen LogP contribution in [0.25, 0.3) is 0 Å². The number of aliphatic hydroxyl groups is 1. The van der Waals surface area contributed by atoms with Crippen molar-refractivity contribution in [1.29, 1.82) is 0 Å². The summed E-state index contributed by atoms with van der Waals surface area (Å²) in [5.41, 5.74) is 1.61. The van der Waals surface area contributed by atoms with Crippen LogP contribution < -0.4 is 10.2 Å². The molecule has 1 saturated heterocycles. The average Bonchev–Trinajstić information content (AvgIpc) is 2.42. The fourth-order valence-electron chi connectivity index (χ4n) is 2.47. The second-order valence-electron chi connectivity index (χ2n) is 5.30. The molecule has 0 spiro atoms. The number of piperidine rings is 1. The first-order chi connectivity index (χ1) is 9.51. The van der Waals surface area contributed by atoms with Crippen LogP contribution in [-0.2, 0) is 0 Å². The first-order valence-corrected chi connectivity index (χ1v) is 6.97. The number of non-ortho nitro benzene ring substituents is 1. The molecule has 110 valence electrons. The Bertz CT molecular complexity index is 493. The van der Waals surface area contributed by atoms with Crippen molar-refractivity contribution in [2.45, 2.75) is 26.4 Å². The number of β-amino-alcohol motifs (C(OH)–C–C–N with tert-alkyl or cyclic N) is 1. The van der Waals surface area contributed by atoms with E-state index in [2.05, 4.69) is 5.32 Å². The molecule has 1 aliphatic heterocycles. The second kappa shape index (κ2) is 6.09. The van der Waals surface area contributed by atoms with Crippen molar-refractivity contribution in [3.8, 4) is 0 Å². The zero-order chi connectivity index (χ0) is 14.7. The van der Waals surface area contributed by atoms with Gasteiger partial charge in [0.05, 0.1) is 11.0 Å². The largest absolute Gasteiger partial charge is 0.391 e. The quantitative estimate of drug-likeness (QED) is 0.652. The molecule has 0 aromatic heterocycles. The predicted octanol–water partition coefficient (Wildman–Crippen LogP) is 2.23. The zero-order valence-electron chi connectivity index (χ0n) is 11.9. The molecule has 2 atom stereocenters. The molecular formula is C14H21N3O3. The molecule has 1 fully saturated rings. The van der Waals surface area contributed by atoms with Gasteiger partial charge < -0.3 is 15.3 Å². The Morgan fingerprint density at radius 2 is 2.25 bits per heavy atom. The van der Waals surface area contributed by atoms with Gasteiger partial charge >= 0.3 is 0 Å². The Balaban J connectivity index is 2.28. The van der Waals surface area contributed by atoms with E-state index in [1.807, 2.05) is 24.8 Å². The molecule has 0 saturated carbocycles. The van der Waals surface area contributed by atoms with Crippen LogP contribution in [0.15, 0.2) is 18.2 Å². The highest BCUT2D eigenvalue weighted by Crippen LogP contribution is 2.30. The van der Waals surface area contributed by atoms with Gasteiger partial charge in [-0.2, -0.15) is 0 Å². The van der Waals surface area contributed by atoms with Crippen molar-refractivity contribution >= 4 is 17.1 Å². The van der Waals surface area contributed by atoms with Crippen LogP contribution in [0.4, 0.5) is 17.1 Å². The van der Waals surface area contributed by atoms with Crippen LogP contribution in [-0.4, -0.2) is 35.8 Å². The fraction of sp³-hybridized carbons (Fsp3) is 0.571. The highest BCUT2D eigenvalue weighted by Gasteiger charge is 2.25. The van der Waals surface area contributed by atoms with Gasteiger partial charge in [-0.15, -0.1) is 0 Å². The van der Waals surface area contributed by atoms with Gasteiger partial charge in [-0.05, 0) is 25.3 Å². The molecule has 0 aliphatic carbocycles. The minimum atomic E-state index is -0.384. The Labute approximate surface area is 118 Å². The maximum Gasteiger partial charge on any atom is 0.273 e. The van der Waals surface area contributed by atoms with Gasteiger partial charge in [0.25, 0.3) is 5.69 Å². The first kappa shape index (κ1) is 14.6. The van der Waals surface area contributed by atoms with Gasteiger partial charge in [0.15, 0.2) is 0 Å². The van der Waals surface area contributed by atoms with Gasteiger partial charge in [-0.1, -0.05) is 6.92 Å². The van der Waals surface area contributed by atoms with Crippen LogP contribution in [0.3, 0.4) is 0 Å². The molecule has 1 aliphatic rings. The maximum atomic E-state index is 11.0. The third-order valence-electron chi connectivity index (χ3n) is 3.78. The highest BCUT2D eigenvalue weighted by atomic mass is 16.6. The molecule has 20 heavy (non-hydrogen) atoms. The lowest BCUT2D eigenvalue weighted by Gasteiger charge is -2.35. The van der Waals surface area contributed by atoms with Crippen LogP contribution in [0.5, 0.6) is 0 Å². The summed E-state index contributed by atoms with van der Waals surface area (Å²) in [6, 6.07) is 5.01. The van der Waals surface area contributed by atoms with Crippen molar-refractivity contribution in [2.24, 2.45) is 5.92 Å². The molecule has 0 bridgehead atoms. The van der Waals surface area contributed by atoms with E-state index in [1.54, 1.807) is 6.07 Å². The van der Waals surface area contributed by atoms with E-state index in [1.165, 1.54) is 6.07 Å². The monoisotopic (exact) mass is 279 g/mol. The third kappa shape index (κ3) is 3.19. The number of rotatable bonds is 4. The van der Waals surface area contributed by atoms with Crippen LogP contribution >= 0.6 is 0 Å². The van der Waals surface area contributed by atoms with E-state index in [-0.39, 0.29) is 22.6 Å². The number of benzene rings is 1. The SMILES string of the molecule is CCNc1cc(N2CCC(C)C(O)C2)cc([N+](=O)[O-])c1. The Morgan fingerprint density at radius 1 is 1.50 bits per heavy atom. The number of hydrogen-bond donors (Lipinski definition) is 2. The Morgan fingerprint density at radius 3 is 2.85 bits per heavy atom. The zero-order valence-corrected chi connectivity index (χ0v) is 11.9. The third-order valence-corrected chi connectivity index (χ3v) is 3.78. The van der Waals surface area contributed by atoms with E-state index in [4.69, 9.17) is 0 Å². The molecular weight excluding hydrogens is 258 g/mol. The molecule has 2 rings (SSSR count). The number of nitrogens with one attached hydrogen (secondary N) is 1. The molecule has 1 heterocycles. The van der Waals surface area contributed by atoms with Crippen molar-refractivity contribution in [1.82, 2.24) is 0 Å². The van der Waals surface area contributed by atoms with Gasteiger partial charge in [-0.25, -0.2) is 0 Å². The van der Waals surface area contributed by atoms with E-state index < -0.39 is 0 Å². The van der Waals surface area contributed by atoms with E-state index in [9.17, 15) is 15.2 Å². The maximum absolute atomic E-state index is 11.0. The lowest BCUT2D eigenvalue weighted by molar-refractivity contribution is -0.384. The summed E-state index contributed by atoms with van der Waals surface area (Å²) in [6.45, 7) is 6.02. The number of hydrogen-bond acceptors (Lipinski definition) is 5. The van der Waals surface area contributed by atoms with Gasteiger partial charge in [-0.3, -0.25) is 10.1 Å². The molecule has 2 N–H and O–H groups in total. The first-order valence-electron chi connectivity index (χ1n) is 6.97. The summed E-state index contributed by atoms with van der Waals surface area (Å²) in [6.07, 6.45) is 0.506. The molecule has 1 aromatic carbocycles. The van der Waals surface area contributed by atoms with E-state index >= 15 is 0 Å². The van der Waals surface area contributed by atoms with Gasteiger partial charge in [0.2, 0.25) is 0 Å². The van der Waals surface area contributed by atoms with Crippen molar-refractivity contribution in [3.63, 3.8) is 0 Å². The smallest absolute Gasteiger partial charge is 0.273 e. The average molecular weight is 279 g/mol. The molecule has 1 aromatic rings. The van der Waals surface area contributed by atoms with Crippen molar-refractivity contribution < 1.29 is 10.0 Å². The van der Waals surface area contributed by atoms with Crippen molar-refractivity contribution in [2.75, 3.05) is 29.9 Å². The lowest BCUT2D eigenvalue weighted by atomic mass is 9.95. The number of nitro groups is 1. The highest BCUT2D eigenvalue weighted by molar-refractivity contribution is 5.64. The summed E-state index contributed by atoms with van der Waals surface area (Å²) in [4.78, 5) is 12.6.